The van der Waals surface area contributed by atoms with Crippen molar-refractivity contribution in [1.82, 2.24) is 9.80 Å². The van der Waals surface area contributed by atoms with Crippen molar-refractivity contribution in [2.75, 3.05) is 20.1 Å². The van der Waals surface area contributed by atoms with Crippen molar-refractivity contribution in [3.8, 4) is 11.1 Å². The number of piperidine rings is 1. The first-order valence-corrected chi connectivity index (χ1v) is 10.3. The number of nitrogens with zero attached hydrogens (tertiary/aromatic N) is 2. The fourth-order valence-electron chi connectivity index (χ4n) is 4.03. The molecule has 1 aliphatic carbocycles. The predicted octanol–water partition coefficient (Wildman–Crippen LogP) is 3.96. The predicted molar refractivity (Wildman–Crippen MR) is 110 cm³/mol. The van der Waals surface area contributed by atoms with Crippen LogP contribution in [-0.2, 0) is 16.1 Å². The molecule has 2 aromatic carbocycles. The lowest BCUT2D eigenvalue weighted by Gasteiger charge is -2.33. The molecule has 0 spiro atoms. The van der Waals surface area contributed by atoms with Gasteiger partial charge in [0.2, 0.25) is 11.8 Å². The topological polar surface area (TPSA) is 40.6 Å². The first-order valence-electron chi connectivity index (χ1n) is 10.3. The maximum absolute atomic E-state index is 12.8. The number of hydrogen-bond donors (Lipinski definition) is 0. The summed E-state index contributed by atoms with van der Waals surface area (Å²) in [5.41, 5.74) is 3.52. The molecule has 146 valence electrons. The first kappa shape index (κ1) is 18.7. The van der Waals surface area contributed by atoms with E-state index in [0.717, 1.165) is 44.3 Å². The van der Waals surface area contributed by atoms with E-state index in [2.05, 4.69) is 36.4 Å². The van der Waals surface area contributed by atoms with Gasteiger partial charge >= 0.3 is 0 Å². The molecule has 1 heterocycles. The highest BCUT2D eigenvalue weighted by Crippen LogP contribution is 2.32. The van der Waals surface area contributed by atoms with E-state index in [1.54, 1.807) is 0 Å². The Morgan fingerprint density at radius 3 is 2.07 bits per heavy atom. The van der Waals surface area contributed by atoms with Crippen molar-refractivity contribution in [2.24, 2.45) is 11.8 Å². The average molecular weight is 377 g/mol. The van der Waals surface area contributed by atoms with Crippen LogP contribution in [-0.4, -0.2) is 41.8 Å². The molecule has 1 saturated carbocycles. The Kier molecular flexibility index (Phi) is 5.47. The van der Waals surface area contributed by atoms with Gasteiger partial charge in [0.15, 0.2) is 0 Å². The van der Waals surface area contributed by atoms with Crippen LogP contribution in [0.15, 0.2) is 54.6 Å². The normalized spacial score (nSPS) is 17.4. The second kappa shape index (κ2) is 8.17. The van der Waals surface area contributed by atoms with E-state index in [4.69, 9.17) is 0 Å². The molecule has 1 saturated heterocycles. The van der Waals surface area contributed by atoms with E-state index in [0.29, 0.717) is 12.5 Å². The number of rotatable bonds is 5. The largest absolute Gasteiger partial charge is 0.342 e. The Morgan fingerprint density at radius 2 is 1.46 bits per heavy atom. The van der Waals surface area contributed by atoms with Gasteiger partial charge < -0.3 is 9.80 Å². The summed E-state index contributed by atoms with van der Waals surface area (Å²) in [5.74, 6) is 0.814. The zero-order valence-electron chi connectivity index (χ0n) is 16.5. The molecule has 0 N–H and O–H groups in total. The highest BCUT2D eigenvalue weighted by Gasteiger charge is 2.36. The molecular formula is C24H28N2O2. The smallest absolute Gasteiger partial charge is 0.225 e. The molecule has 1 aliphatic heterocycles. The third kappa shape index (κ3) is 4.27. The van der Waals surface area contributed by atoms with Crippen LogP contribution >= 0.6 is 0 Å². The monoisotopic (exact) mass is 376 g/mol. The van der Waals surface area contributed by atoms with Crippen molar-refractivity contribution in [3.63, 3.8) is 0 Å². The Hall–Kier alpha value is -2.62. The van der Waals surface area contributed by atoms with Crippen LogP contribution in [0.3, 0.4) is 0 Å². The van der Waals surface area contributed by atoms with Gasteiger partial charge in [-0.05, 0) is 42.4 Å². The highest BCUT2D eigenvalue weighted by atomic mass is 16.2. The zero-order valence-corrected chi connectivity index (χ0v) is 16.5. The Bertz CT molecular complexity index is 819. The maximum Gasteiger partial charge on any atom is 0.225 e. The van der Waals surface area contributed by atoms with E-state index in [1.807, 2.05) is 35.0 Å². The van der Waals surface area contributed by atoms with Crippen LogP contribution in [0, 0.1) is 11.8 Å². The van der Waals surface area contributed by atoms with Crippen LogP contribution in [0.2, 0.25) is 0 Å². The molecule has 4 nitrogen and oxygen atoms in total. The molecule has 0 unspecified atom stereocenters. The van der Waals surface area contributed by atoms with Gasteiger partial charge in [-0.15, -0.1) is 0 Å². The third-order valence-corrected chi connectivity index (χ3v) is 5.94. The second-order valence-corrected chi connectivity index (χ2v) is 8.13. The first-order chi connectivity index (χ1) is 13.6. The minimum atomic E-state index is 0.0387. The maximum atomic E-state index is 12.8. The summed E-state index contributed by atoms with van der Waals surface area (Å²) in [7, 11) is 1.88. The van der Waals surface area contributed by atoms with E-state index >= 15 is 0 Å². The minimum Gasteiger partial charge on any atom is -0.342 e. The van der Waals surface area contributed by atoms with Crippen LogP contribution in [0.1, 0.15) is 31.2 Å². The fraction of sp³-hybridized carbons (Fsp3) is 0.417. The van der Waals surface area contributed by atoms with E-state index in [1.165, 1.54) is 11.1 Å². The van der Waals surface area contributed by atoms with Crippen LogP contribution in [0.25, 0.3) is 11.1 Å². The summed E-state index contributed by atoms with van der Waals surface area (Å²) < 4.78 is 0. The number of hydrogen-bond acceptors (Lipinski definition) is 2. The van der Waals surface area contributed by atoms with Gasteiger partial charge in [-0.1, -0.05) is 54.6 Å². The quantitative estimate of drug-likeness (QED) is 0.792. The molecular weight excluding hydrogens is 348 g/mol. The van der Waals surface area contributed by atoms with E-state index in [9.17, 15) is 9.59 Å². The Labute approximate surface area is 167 Å². The molecule has 2 aliphatic rings. The molecule has 2 amide bonds. The molecule has 2 aromatic rings. The van der Waals surface area contributed by atoms with Gasteiger partial charge in [0.25, 0.3) is 0 Å². The number of amides is 2. The summed E-state index contributed by atoms with van der Waals surface area (Å²) >= 11 is 0. The highest BCUT2D eigenvalue weighted by molar-refractivity contribution is 5.82. The SMILES string of the molecule is CN(Cc1ccc(-c2ccccc2)cc1)C(=O)C1CCN(C(=O)C2CC2)CC1. The molecule has 0 bridgehead atoms. The van der Waals surface area contributed by atoms with Gasteiger partial charge in [0, 0.05) is 38.5 Å². The van der Waals surface area contributed by atoms with Crippen molar-refractivity contribution in [1.29, 1.82) is 0 Å². The summed E-state index contributed by atoms with van der Waals surface area (Å²) in [4.78, 5) is 28.8. The molecule has 28 heavy (non-hydrogen) atoms. The van der Waals surface area contributed by atoms with Crippen LogP contribution in [0.5, 0.6) is 0 Å². The van der Waals surface area contributed by atoms with Gasteiger partial charge in [-0.25, -0.2) is 0 Å². The van der Waals surface area contributed by atoms with Crippen LogP contribution in [0.4, 0.5) is 0 Å². The van der Waals surface area contributed by atoms with Crippen molar-refractivity contribution in [2.45, 2.75) is 32.2 Å². The molecule has 0 radical (unpaired) electrons. The summed E-state index contributed by atoms with van der Waals surface area (Å²) in [6.45, 7) is 2.08. The fourth-order valence-corrected chi connectivity index (χ4v) is 4.03. The summed E-state index contributed by atoms with van der Waals surface area (Å²) in [6.07, 6.45) is 3.66. The van der Waals surface area contributed by atoms with Gasteiger partial charge in [0.05, 0.1) is 0 Å². The number of likely N-dealkylation sites (tertiary alicyclic amines) is 1. The van der Waals surface area contributed by atoms with Crippen molar-refractivity contribution in [3.05, 3.63) is 60.2 Å². The number of carbonyl (C=O) groups excluding carboxylic acids is 2. The molecule has 2 fully saturated rings. The molecule has 0 atom stereocenters. The van der Waals surface area contributed by atoms with Gasteiger partial charge in [-0.3, -0.25) is 9.59 Å². The molecule has 0 aromatic heterocycles. The Morgan fingerprint density at radius 1 is 0.857 bits per heavy atom. The molecule has 4 heteroatoms. The summed E-state index contributed by atoms with van der Waals surface area (Å²) in [6, 6.07) is 18.7. The second-order valence-electron chi connectivity index (χ2n) is 8.13. The van der Waals surface area contributed by atoms with Gasteiger partial charge in [0.1, 0.15) is 0 Å². The van der Waals surface area contributed by atoms with Crippen molar-refractivity contribution < 1.29 is 9.59 Å². The number of carbonyl (C=O) groups is 2. The lowest BCUT2D eigenvalue weighted by molar-refractivity contribution is -0.140. The van der Waals surface area contributed by atoms with E-state index in [-0.39, 0.29) is 17.7 Å². The van der Waals surface area contributed by atoms with Crippen LogP contribution < -0.4 is 0 Å². The lowest BCUT2D eigenvalue weighted by atomic mass is 9.95. The summed E-state index contributed by atoms with van der Waals surface area (Å²) in [5, 5.41) is 0. The standard InChI is InChI=1S/C24H28N2O2/c1-25(17-18-7-9-20(10-8-18)19-5-3-2-4-6-19)23(27)22-13-15-26(16-14-22)24(28)21-11-12-21/h2-10,21-22H,11-17H2,1H3. The molecule has 4 rings (SSSR count). The van der Waals surface area contributed by atoms with Crippen molar-refractivity contribution >= 4 is 11.8 Å². The zero-order chi connectivity index (χ0) is 19.5. The minimum absolute atomic E-state index is 0.0387. The van der Waals surface area contributed by atoms with E-state index < -0.39 is 0 Å². The average Bonchev–Trinajstić information content (AvgIpc) is 3.59. The van der Waals surface area contributed by atoms with Gasteiger partial charge in [-0.2, -0.15) is 0 Å². The number of benzene rings is 2. The third-order valence-electron chi connectivity index (χ3n) is 5.94. The Balaban J connectivity index is 1.30. The lowest BCUT2D eigenvalue weighted by Crippen LogP contribution is -2.43.